The Morgan fingerprint density at radius 1 is 0.923 bits per heavy atom. The molecule has 0 saturated heterocycles. The minimum Gasteiger partial charge on any atom is -0.368 e. The Kier molecular flexibility index (Phi) is 4.57. The second-order valence-corrected chi connectivity index (χ2v) is 6.11. The van der Waals surface area contributed by atoms with Crippen LogP contribution in [-0.2, 0) is 13.5 Å². The Balaban J connectivity index is 0.000000151. The van der Waals surface area contributed by atoms with Crippen molar-refractivity contribution in [2.24, 2.45) is 7.05 Å². The van der Waals surface area contributed by atoms with E-state index in [-0.39, 0.29) is 21.2 Å². The molecule has 1 aromatic heterocycles. The van der Waals surface area contributed by atoms with E-state index in [0.29, 0.717) is 5.52 Å². The van der Waals surface area contributed by atoms with Gasteiger partial charge in [-0.1, -0.05) is 24.3 Å². The van der Waals surface area contributed by atoms with Crippen LogP contribution in [0.15, 0.2) is 48.7 Å². The zero-order valence-corrected chi connectivity index (χ0v) is 14.5. The minimum atomic E-state index is -0.359. The molecule has 0 amide bonds. The van der Waals surface area contributed by atoms with Crippen LogP contribution in [0.25, 0.3) is 10.9 Å². The van der Waals surface area contributed by atoms with Crippen LogP contribution in [0.5, 0.6) is 0 Å². The first kappa shape index (κ1) is 17.4. The third-order valence-corrected chi connectivity index (χ3v) is 4.47. The summed E-state index contributed by atoms with van der Waals surface area (Å²) in [4.78, 5) is 22.6. The highest BCUT2D eigenvalue weighted by Crippen LogP contribution is 2.35. The van der Waals surface area contributed by atoms with Gasteiger partial charge in [0.1, 0.15) is 11.2 Å². The monoisotopic (exact) mass is 354 g/mol. The Morgan fingerprint density at radius 2 is 1.58 bits per heavy atom. The van der Waals surface area contributed by atoms with Gasteiger partial charge in [0.15, 0.2) is 0 Å². The van der Waals surface area contributed by atoms with Gasteiger partial charge in [0.25, 0.3) is 11.4 Å². The van der Waals surface area contributed by atoms with Crippen molar-refractivity contribution in [3.8, 4) is 0 Å². The first-order chi connectivity index (χ1) is 12.4. The van der Waals surface area contributed by atoms with Crippen LogP contribution in [0.1, 0.15) is 5.56 Å². The molecule has 0 aliphatic carbocycles. The van der Waals surface area contributed by atoms with Crippen LogP contribution in [0.2, 0.25) is 0 Å². The quantitative estimate of drug-likeness (QED) is 0.517. The van der Waals surface area contributed by atoms with Crippen molar-refractivity contribution in [1.82, 2.24) is 4.57 Å². The van der Waals surface area contributed by atoms with Crippen LogP contribution in [0.3, 0.4) is 0 Å². The number of anilines is 1. The second kappa shape index (κ2) is 6.83. The fraction of sp³-hybridized carbons (Fsp3) is 0.222. The fourth-order valence-electron chi connectivity index (χ4n) is 3.25. The lowest BCUT2D eigenvalue weighted by atomic mass is 10.1. The van der Waals surface area contributed by atoms with Crippen molar-refractivity contribution in [1.29, 1.82) is 0 Å². The summed E-state index contributed by atoms with van der Waals surface area (Å²) in [7, 11) is 3.69. The average Bonchev–Trinajstić information content (AvgIpc) is 3.19. The summed E-state index contributed by atoms with van der Waals surface area (Å²) in [6.07, 6.45) is 2.73. The molecule has 8 nitrogen and oxygen atoms in total. The zero-order valence-electron chi connectivity index (χ0n) is 14.5. The summed E-state index contributed by atoms with van der Waals surface area (Å²) in [5.41, 5.74) is 2.92. The van der Waals surface area contributed by atoms with E-state index in [0.717, 1.165) is 29.6 Å². The predicted octanol–water partition coefficient (Wildman–Crippen LogP) is 3.67. The average molecular weight is 354 g/mol. The molecule has 0 spiro atoms. The lowest BCUT2D eigenvalue weighted by Crippen LogP contribution is -2.13. The lowest BCUT2D eigenvalue weighted by molar-refractivity contribution is -0.384. The molecule has 1 aliphatic rings. The smallest absolute Gasteiger partial charge is 0.293 e. The molecule has 0 fully saturated rings. The van der Waals surface area contributed by atoms with Crippen LogP contribution in [0.4, 0.5) is 17.1 Å². The highest BCUT2D eigenvalue weighted by atomic mass is 16.6. The molecular formula is C18H18N4O4. The molecule has 0 saturated carbocycles. The Labute approximate surface area is 149 Å². The van der Waals surface area contributed by atoms with Crippen molar-refractivity contribution in [2.45, 2.75) is 6.42 Å². The van der Waals surface area contributed by atoms with Gasteiger partial charge < -0.3 is 9.47 Å². The van der Waals surface area contributed by atoms with E-state index in [4.69, 9.17) is 0 Å². The number of benzene rings is 2. The summed E-state index contributed by atoms with van der Waals surface area (Å²) >= 11 is 0. The van der Waals surface area contributed by atoms with Gasteiger partial charge >= 0.3 is 0 Å². The minimum absolute atomic E-state index is 0.157. The zero-order chi connectivity index (χ0) is 18.8. The van der Waals surface area contributed by atoms with Gasteiger partial charge in [0, 0.05) is 44.4 Å². The molecule has 0 atom stereocenters. The molecule has 134 valence electrons. The van der Waals surface area contributed by atoms with Gasteiger partial charge in [-0.2, -0.15) is 0 Å². The third kappa shape index (κ3) is 3.08. The van der Waals surface area contributed by atoms with Crippen LogP contribution in [-0.4, -0.2) is 28.0 Å². The summed E-state index contributed by atoms with van der Waals surface area (Å²) in [6.45, 7) is 0.875. The number of nitro benzene ring substituents is 2. The molecule has 3 aromatic rings. The first-order valence-corrected chi connectivity index (χ1v) is 8.06. The number of nitro groups is 2. The maximum absolute atomic E-state index is 10.7. The van der Waals surface area contributed by atoms with Gasteiger partial charge in [-0.15, -0.1) is 0 Å². The fourth-order valence-corrected chi connectivity index (χ4v) is 3.25. The first-order valence-electron chi connectivity index (χ1n) is 8.06. The third-order valence-electron chi connectivity index (χ3n) is 4.47. The van der Waals surface area contributed by atoms with Gasteiger partial charge in [-0.3, -0.25) is 20.2 Å². The Hall–Kier alpha value is -3.42. The topological polar surface area (TPSA) is 94.4 Å². The molecule has 0 radical (unpaired) electrons. The summed E-state index contributed by atoms with van der Waals surface area (Å²) in [5, 5.41) is 22.2. The van der Waals surface area contributed by atoms with Crippen molar-refractivity contribution >= 4 is 28.0 Å². The number of likely N-dealkylation sites (N-methyl/N-ethyl adjacent to an activating group) is 1. The van der Waals surface area contributed by atoms with Gasteiger partial charge in [-0.25, -0.2) is 0 Å². The largest absolute Gasteiger partial charge is 0.368 e. The summed E-state index contributed by atoms with van der Waals surface area (Å²) in [5.74, 6) is 0. The molecule has 0 unspecified atom stereocenters. The van der Waals surface area contributed by atoms with E-state index < -0.39 is 0 Å². The van der Waals surface area contributed by atoms with E-state index in [1.807, 2.05) is 36.3 Å². The van der Waals surface area contributed by atoms with E-state index >= 15 is 0 Å². The molecule has 4 rings (SSSR count). The Morgan fingerprint density at radius 3 is 2.27 bits per heavy atom. The number of hydrogen-bond donors (Lipinski definition) is 0. The molecule has 26 heavy (non-hydrogen) atoms. The van der Waals surface area contributed by atoms with Gasteiger partial charge in [-0.05, 0) is 18.1 Å². The Bertz CT molecular complexity index is 996. The lowest BCUT2D eigenvalue weighted by Gasteiger charge is -2.11. The number of para-hydroxylation sites is 2. The normalized spacial score (nSPS) is 12.5. The number of fused-ring (bicyclic) bond motifs is 2. The van der Waals surface area contributed by atoms with Crippen molar-refractivity contribution in [2.75, 3.05) is 18.5 Å². The van der Waals surface area contributed by atoms with E-state index in [1.54, 1.807) is 29.8 Å². The van der Waals surface area contributed by atoms with Gasteiger partial charge in [0.2, 0.25) is 0 Å². The molecule has 0 bridgehead atoms. The number of rotatable bonds is 2. The van der Waals surface area contributed by atoms with E-state index in [1.165, 1.54) is 6.07 Å². The number of nitrogens with zero attached hydrogens (tertiary/aromatic N) is 4. The molecule has 0 N–H and O–H groups in total. The van der Waals surface area contributed by atoms with E-state index in [2.05, 4.69) is 0 Å². The van der Waals surface area contributed by atoms with Crippen molar-refractivity contribution in [3.63, 3.8) is 0 Å². The highest BCUT2D eigenvalue weighted by molar-refractivity contribution is 5.88. The highest BCUT2D eigenvalue weighted by Gasteiger charge is 2.24. The summed E-state index contributed by atoms with van der Waals surface area (Å²) in [6, 6.07) is 12.2. The van der Waals surface area contributed by atoms with Crippen LogP contribution < -0.4 is 4.90 Å². The van der Waals surface area contributed by atoms with Crippen LogP contribution in [0, 0.1) is 20.2 Å². The predicted molar refractivity (Wildman–Crippen MR) is 99.6 cm³/mol. The maximum atomic E-state index is 10.7. The molecule has 2 heterocycles. The maximum Gasteiger partial charge on any atom is 0.293 e. The standard InChI is InChI=1S/C9H10N2O2.C9H8N2O2/c2*1-10-6-5-7-3-2-4-8(9(7)10)11(12)13/h2-4H,5-6H2,1H3;2-6H,1H3. The number of aryl methyl sites for hydroxylation is 1. The SMILES string of the molecule is CN1CCc2cccc([N+](=O)[O-])c21.Cn1ccc2cccc([N+](=O)[O-])c21. The number of hydrogen-bond acceptors (Lipinski definition) is 5. The number of non-ortho nitro benzene ring substituents is 1. The van der Waals surface area contributed by atoms with Crippen LogP contribution >= 0.6 is 0 Å². The molecule has 1 aliphatic heterocycles. The molecular weight excluding hydrogens is 336 g/mol. The van der Waals surface area contributed by atoms with Gasteiger partial charge in [0.05, 0.1) is 9.85 Å². The van der Waals surface area contributed by atoms with Crippen molar-refractivity contribution < 1.29 is 9.85 Å². The number of aromatic nitrogens is 1. The summed E-state index contributed by atoms with van der Waals surface area (Å²) < 4.78 is 1.76. The molecule has 2 aromatic carbocycles. The van der Waals surface area contributed by atoms with E-state index in [9.17, 15) is 20.2 Å². The van der Waals surface area contributed by atoms with Crippen molar-refractivity contribution in [3.05, 3.63) is 74.5 Å². The molecule has 8 heteroatoms. The second-order valence-electron chi connectivity index (χ2n) is 6.11.